The van der Waals surface area contributed by atoms with Crippen LogP contribution in [0.3, 0.4) is 0 Å². The summed E-state index contributed by atoms with van der Waals surface area (Å²) in [6, 6.07) is 7.94. The van der Waals surface area contributed by atoms with Crippen molar-refractivity contribution >= 4 is 5.82 Å². The van der Waals surface area contributed by atoms with Gasteiger partial charge in [0, 0.05) is 17.5 Å². The monoisotopic (exact) mass is 287 g/mol. The molecule has 0 saturated carbocycles. The molecule has 4 nitrogen and oxygen atoms in total. The number of anilines is 1. The normalized spacial score (nSPS) is 11.7. The van der Waals surface area contributed by atoms with E-state index in [9.17, 15) is 0 Å². The maximum Gasteiger partial charge on any atom is 0.131 e. The highest BCUT2D eigenvalue weighted by molar-refractivity contribution is 5.71. The lowest BCUT2D eigenvalue weighted by Gasteiger charge is -2.19. The molecule has 4 heteroatoms. The Kier molecular flexibility index (Phi) is 4.26. The highest BCUT2D eigenvalue weighted by Crippen LogP contribution is 2.32. The van der Waals surface area contributed by atoms with Gasteiger partial charge in [0.05, 0.1) is 6.61 Å². The van der Waals surface area contributed by atoms with Gasteiger partial charge in [-0.25, -0.2) is 4.98 Å². The highest BCUT2D eigenvalue weighted by Gasteiger charge is 2.24. The first-order valence-corrected chi connectivity index (χ1v) is 7.48. The summed E-state index contributed by atoms with van der Waals surface area (Å²) in [4.78, 5) is 4.79. The summed E-state index contributed by atoms with van der Waals surface area (Å²) in [6.07, 6.45) is 0. The lowest BCUT2D eigenvalue weighted by molar-refractivity contribution is 0.340. The maximum atomic E-state index is 6.31. The summed E-state index contributed by atoms with van der Waals surface area (Å²) >= 11 is 0. The lowest BCUT2D eigenvalue weighted by Crippen LogP contribution is -2.19. The molecule has 0 amide bonds. The van der Waals surface area contributed by atoms with Crippen molar-refractivity contribution in [1.82, 2.24) is 9.55 Å². The van der Waals surface area contributed by atoms with Gasteiger partial charge in [0.1, 0.15) is 23.1 Å². The number of rotatable bonds is 4. The lowest BCUT2D eigenvalue weighted by atomic mass is 9.95. The molecule has 1 aromatic heterocycles. The second-order valence-corrected chi connectivity index (χ2v) is 6.12. The van der Waals surface area contributed by atoms with Crippen LogP contribution in [0.2, 0.25) is 0 Å². The summed E-state index contributed by atoms with van der Waals surface area (Å²) < 4.78 is 7.56. The third kappa shape index (κ3) is 3.04. The van der Waals surface area contributed by atoms with Gasteiger partial charge in [-0.2, -0.15) is 0 Å². The van der Waals surface area contributed by atoms with Crippen LogP contribution < -0.4 is 10.5 Å². The van der Waals surface area contributed by atoms with Crippen LogP contribution in [0.4, 0.5) is 5.82 Å². The Morgan fingerprint density at radius 1 is 1.14 bits per heavy atom. The van der Waals surface area contributed by atoms with Gasteiger partial charge in [0.2, 0.25) is 0 Å². The second kappa shape index (κ2) is 5.80. The first-order valence-electron chi connectivity index (χ1n) is 7.48. The minimum Gasteiger partial charge on any atom is -0.494 e. The fourth-order valence-electron chi connectivity index (χ4n) is 2.45. The number of hydrogen-bond donors (Lipinski definition) is 1. The number of nitrogen functional groups attached to an aromatic ring is 1. The number of aromatic nitrogens is 2. The molecule has 0 saturated heterocycles. The van der Waals surface area contributed by atoms with Crippen molar-refractivity contribution < 1.29 is 4.74 Å². The number of imidazole rings is 1. The molecule has 114 valence electrons. The zero-order valence-electron chi connectivity index (χ0n) is 13.6. The van der Waals surface area contributed by atoms with E-state index in [1.807, 2.05) is 31.2 Å². The van der Waals surface area contributed by atoms with E-state index in [-0.39, 0.29) is 5.41 Å². The van der Waals surface area contributed by atoms with Crippen molar-refractivity contribution in [2.45, 2.75) is 46.6 Å². The number of hydrogen-bond acceptors (Lipinski definition) is 3. The Bertz CT molecular complexity index is 606. The number of benzene rings is 1. The van der Waals surface area contributed by atoms with Crippen molar-refractivity contribution in [3.8, 4) is 17.0 Å². The third-order valence-corrected chi connectivity index (χ3v) is 3.43. The van der Waals surface area contributed by atoms with Gasteiger partial charge in [0.25, 0.3) is 0 Å². The molecule has 0 bridgehead atoms. The SMILES string of the molecule is CCOc1ccc(-c2nc(C(C)(C)C)n(CC)c2N)cc1. The van der Waals surface area contributed by atoms with Crippen LogP contribution >= 0.6 is 0 Å². The average molecular weight is 287 g/mol. The molecule has 0 aliphatic rings. The van der Waals surface area contributed by atoms with Crippen LogP contribution in [0.15, 0.2) is 24.3 Å². The summed E-state index contributed by atoms with van der Waals surface area (Å²) in [5.74, 6) is 2.61. The molecule has 1 aromatic carbocycles. The summed E-state index contributed by atoms with van der Waals surface area (Å²) in [5, 5.41) is 0. The first kappa shape index (κ1) is 15.4. The van der Waals surface area contributed by atoms with E-state index in [0.717, 1.165) is 35.2 Å². The summed E-state index contributed by atoms with van der Waals surface area (Å²) in [6.45, 7) is 12.0. The van der Waals surface area contributed by atoms with Crippen molar-refractivity contribution in [3.05, 3.63) is 30.1 Å². The molecule has 0 unspecified atom stereocenters. The Balaban J connectivity index is 2.47. The average Bonchev–Trinajstić information content (AvgIpc) is 2.77. The minimum absolute atomic E-state index is 0.0341. The Hall–Kier alpha value is -1.97. The van der Waals surface area contributed by atoms with E-state index < -0.39 is 0 Å². The van der Waals surface area contributed by atoms with Gasteiger partial charge < -0.3 is 15.0 Å². The van der Waals surface area contributed by atoms with Gasteiger partial charge in [-0.3, -0.25) is 0 Å². The molecule has 0 aliphatic carbocycles. The van der Waals surface area contributed by atoms with Gasteiger partial charge in [0.15, 0.2) is 0 Å². The standard InChI is InChI=1S/C17H25N3O/c1-6-20-15(18)14(19-16(20)17(3,4)5)12-8-10-13(11-9-12)21-7-2/h8-11H,6-7,18H2,1-5H3. The maximum absolute atomic E-state index is 6.31. The van der Waals surface area contributed by atoms with E-state index in [1.54, 1.807) is 0 Å². The van der Waals surface area contributed by atoms with Gasteiger partial charge in [-0.1, -0.05) is 20.8 Å². The topological polar surface area (TPSA) is 53.1 Å². The molecule has 0 radical (unpaired) electrons. The fourth-order valence-corrected chi connectivity index (χ4v) is 2.45. The molecule has 2 rings (SSSR count). The van der Waals surface area contributed by atoms with Crippen LogP contribution in [0.5, 0.6) is 5.75 Å². The molecule has 0 atom stereocenters. The van der Waals surface area contributed by atoms with Crippen LogP contribution in [0.25, 0.3) is 11.3 Å². The van der Waals surface area contributed by atoms with Crippen LogP contribution in [0.1, 0.15) is 40.4 Å². The van der Waals surface area contributed by atoms with Crippen molar-refractivity contribution in [2.24, 2.45) is 0 Å². The van der Waals surface area contributed by atoms with Crippen LogP contribution in [0, 0.1) is 0 Å². The minimum atomic E-state index is -0.0341. The molecule has 2 aromatic rings. The smallest absolute Gasteiger partial charge is 0.131 e. The largest absolute Gasteiger partial charge is 0.494 e. The van der Waals surface area contributed by atoms with Crippen LogP contribution in [-0.4, -0.2) is 16.2 Å². The predicted octanol–water partition coefficient (Wildman–Crippen LogP) is 3.85. The van der Waals surface area contributed by atoms with E-state index >= 15 is 0 Å². The van der Waals surface area contributed by atoms with Gasteiger partial charge >= 0.3 is 0 Å². The predicted molar refractivity (Wildman–Crippen MR) is 87.6 cm³/mol. The second-order valence-electron chi connectivity index (χ2n) is 6.12. The fraction of sp³-hybridized carbons (Fsp3) is 0.471. The molecule has 21 heavy (non-hydrogen) atoms. The number of nitrogens with two attached hydrogens (primary N) is 1. The van der Waals surface area contributed by atoms with E-state index in [2.05, 4.69) is 32.3 Å². The van der Waals surface area contributed by atoms with Crippen LogP contribution in [-0.2, 0) is 12.0 Å². The van der Waals surface area contributed by atoms with Gasteiger partial charge in [-0.05, 0) is 38.1 Å². The Morgan fingerprint density at radius 3 is 2.19 bits per heavy atom. The van der Waals surface area contributed by atoms with E-state index in [0.29, 0.717) is 6.61 Å². The molecule has 2 N–H and O–H groups in total. The zero-order valence-corrected chi connectivity index (χ0v) is 13.6. The molecular weight excluding hydrogens is 262 g/mol. The number of nitrogens with zero attached hydrogens (tertiary/aromatic N) is 2. The van der Waals surface area contributed by atoms with Crippen molar-refractivity contribution in [2.75, 3.05) is 12.3 Å². The summed E-state index contributed by atoms with van der Waals surface area (Å²) in [5.41, 5.74) is 8.15. The van der Waals surface area contributed by atoms with E-state index in [4.69, 9.17) is 15.5 Å². The quantitative estimate of drug-likeness (QED) is 0.929. The van der Waals surface area contributed by atoms with Crippen molar-refractivity contribution in [1.29, 1.82) is 0 Å². The third-order valence-electron chi connectivity index (χ3n) is 3.43. The molecule has 0 fully saturated rings. The molecule has 1 heterocycles. The molecule has 0 aliphatic heterocycles. The summed E-state index contributed by atoms with van der Waals surface area (Å²) in [7, 11) is 0. The highest BCUT2D eigenvalue weighted by atomic mass is 16.5. The molecule has 0 spiro atoms. The van der Waals surface area contributed by atoms with E-state index in [1.165, 1.54) is 0 Å². The van der Waals surface area contributed by atoms with Crippen molar-refractivity contribution in [3.63, 3.8) is 0 Å². The zero-order chi connectivity index (χ0) is 15.6. The molecular formula is C17H25N3O. The Labute approximate surface area is 127 Å². The first-order chi connectivity index (χ1) is 9.88. The number of ether oxygens (including phenoxy) is 1. The Morgan fingerprint density at radius 2 is 1.76 bits per heavy atom. The van der Waals surface area contributed by atoms with Gasteiger partial charge in [-0.15, -0.1) is 0 Å².